The summed E-state index contributed by atoms with van der Waals surface area (Å²) in [6.07, 6.45) is 4.35. The second kappa shape index (κ2) is 6.65. The van der Waals surface area contributed by atoms with Crippen LogP contribution in [0, 0.1) is 0 Å². The number of carbonyl (C=O) groups is 1. The molecular weight excluding hydrogens is 242 g/mol. The lowest BCUT2D eigenvalue weighted by Gasteiger charge is -2.16. The molecule has 19 heavy (non-hydrogen) atoms. The SMILES string of the molecule is CCCNC(=O)C(C)NCc1nnc2n1CCCC2. The first-order valence-corrected chi connectivity index (χ1v) is 7.14. The molecule has 1 aliphatic rings. The lowest BCUT2D eigenvalue weighted by Crippen LogP contribution is -2.42. The summed E-state index contributed by atoms with van der Waals surface area (Å²) in [5.41, 5.74) is 0. The number of hydrogen-bond acceptors (Lipinski definition) is 4. The van der Waals surface area contributed by atoms with Crippen LogP contribution in [0.25, 0.3) is 0 Å². The van der Waals surface area contributed by atoms with E-state index in [1.54, 1.807) is 0 Å². The summed E-state index contributed by atoms with van der Waals surface area (Å²) in [7, 11) is 0. The lowest BCUT2D eigenvalue weighted by molar-refractivity contribution is -0.122. The second-order valence-corrected chi connectivity index (χ2v) is 5.03. The molecule has 106 valence electrons. The third-order valence-electron chi connectivity index (χ3n) is 3.44. The van der Waals surface area contributed by atoms with Gasteiger partial charge in [0.05, 0.1) is 12.6 Å². The van der Waals surface area contributed by atoms with Crippen molar-refractivity contribution >= 4 is 5.91 Å². The maximum atomic E-state index is 11.7. The Kier molecular flexibility index (Phi) is 4.90. The number of hydrogen-bond donors (Lipinski definition) is 2. The van der Waals surface area contributed by atoms with Crippen molar-refractivity contribution in [2.75, 3.05) is 6.54 Å². The zero-order valence-electron chi connectivity index (χ0n) is 11.8. The van der Waals surface area contributed by atoms with Gasteiger partial charge in [-0.05, 0) is 26.2 Å². The average Bonchev–Trinajstić information content (AvgIpc) is 2.85. The number of rotatable bonds is 6. The first-order valence-electron chi connectivity index (χ1n) is 7.14. The van der Waals surface area contributed by atoms with Gasteiger partial charge in [-0.2, -0.15) is 0 Å². The zero-order chi connectivity index (χ0) is 13.7. The van der Waals surface area contributed by atoms with E-state index < -0.39 is 0 Å². The molecule has 2 N–H and O–H groups in total. The highest BCUT2D eigenvalue weighted by Gasteiger charge is 2.17. The molecule has 0 saturated carbocycles. The van der Waals surface area contributed by atoms with Crippen LogP contribution in [0.1, 0.15) is 44.8 Å². The van der Waals surface area contributed by atoms with Crippen LogP contribution in [-0.4, -0.2) is 33.3 Å². The van der Waals surface area contributed by atoms with Crippen LogP contribution in [0.3, 0.4) is 0 Å². The number of carbonyl (C=O) groups excluding carboxylic acids is 1. The van der Waals surface area contributed by atoms with Crippen molar-refractivity contribution in [1.29, 1.82) is 0 Å². The third kappa shape index (κ3) is 3.53. The highest BCUT2D eigenvalue weighted by molar-refractivity contribution is 5.81. The van der Waals surface area contributed by atoms with Crippen LogP contribution >= 0.6 is 0 Å². The van der Waals surface area contributed by atoms with Crippen LogP contribution in [0.5, 0.6) is 0 Å². The highest BCUT2D eigenvalue weighted by atomic mass is 16.2. The standard InChI is InChI=1S/C13H23N5O/c1-3-7-14-13(19)10(2)15-9-12-17-16-11-6-4-5-8-18(11)12/h10,15H,3-9H2,1-2H3,(H,14,19). The molecule has 2 heterocycles. The van der Waals surface area contributed by atoms with Gasteiger partial charge >= 0.3 is 0 Å². The van der Waals surface area contributed by atoms with Gasteiger partial charge in [-0.3, -0.25) is 10.1 Å². The van der Waals surface area contributed by atoms with Crippen molar-refractivity contribution in [1.82, 2.24) is 25.4 Å². The van der Waals surface area contributed by atoms with Gasteiger partial charge in [0.15, 0.2) is 0 Å². The molecule has 1 aromatic heterocycles. The van der Waals surface area contributed by atoms with E-state index in [1.165, 1.54) is 12.8 Å². The van der Waals surface area contributed by atoms with E-state index in [2.05, 4.69) is 25.4 Å². The summed E-state index contributed by atoms with van der Waals surface area (Å²) < 4.78 is 2.17. The minimum absolute atomic E-state index is 0.0419. The van der Waals surface area contributed by atoms with E-state index in [0.717, 1.165) is 37.6 Å². The Morgan fingerprint density at radius 2 is 2.26 bits per heavy atom. The fraction of sp³-hybridized carbons (Fsp3) is 0.769. The fourth-order valence-corrected chi connectivity index (χ4v) is 2.24. The average molecular weight is 265 g/mol. The van der Waals surface area contributed by atoms with E-state index in [-0.39, 0.29) is 11.9 Å². The first kappa shape index (κ1) is 14.0. The molecule has 1 aliphatic heterocycles. The molecule has 0 radical (unpaired) electrons. The van der Waals surface area contributed by atoms with Gasteiger partial charge in [0.2, 0.25) is 5.91 Å². The molecule has 0 bridgehead atoms. The Labute approximate surface area is 114 Å². The highest BCUT2D eigenvalue weighted by Crippen LogP contribution is 2.13. The summed E-state index contributed by atoms with van der Waals surface area (Å²) >= 11 is 0. The van der Waals surface area contributed by atoms with Crippen molar-refractivity contribution in [3.8, 4) is 0 Å². The Morgan fingerprint density at radius 1 is 1.42 bits per heavy atom. The number of fused-ring (bicyclic) bond motifs is 1. The fourth-order valence-electron chi connectivity index (χ4n) is 2.24. The largest absolute Gasteiger partial charge is 0.355 e. The smallest absolute Gasteiger partial charge is 0.236 e. The summed E-state index contributed by atoms with van der Waals surface area (Å²) in [6, 6.07) is -0.205. The summed E-state index contributed by atoms with van der Waals surface area (Å²) in [6.45, 7) is 6.23. The van der Waals surface area contributed by atoms with E-state index in [9.17, 15) is 4.79 Å². The number of aryl methyl sites for hydroxylation is 1. The van der Waals surface area contributed by atoms with E-state index in [0.29, 0.717) is 6.54 Å². The topological polar surface area (TPSA) is 71.8 Å². The molecule has 6 nitrogen and oxygen atoms in total. The molecule has 1 amide bonds. The summed E-state index contributed by atoms with van der Waals surface area (Å²) in [5.74, 6) is 2.05. The molecule has 1 unspecified atom stereocenters. The van der Waals surface area contributed by atoms with Gasteiger partial charge in [0.1, 0.15) is 11.6 Å². The normalized spacial score (nSPS) is 15.9. The van der Waals surface area contributed by atoms with Gasteiger partial charge in [0, 0.05) is 19.5 Å². The third-order valence-corrected chi connectivity index (χ3v) is 3.44. The van der Waals surface area contributed by atoms with Gasteiger partial charge in [0.25, 0.3) is 0 Å². The van der Waals surface area contributed by atoms with Crippen molar-refractivity contribution < 1.29 is 4.79 Å². The van der Waals surface area contributed by atoms with Crippen molar-refractivity contribution in [2.24, 2.45) is 0 Å². The molecule has 2 rings (SSSR count). The monoisotopic (exact) mass is 265 g/mol. The molecule has 1 atom stereocenters. The molecular formula is C13H23N5O. The van der Waals surface area contributed by atoms with Crippen LogP contribution in [0.15, 0.2) is 0 Å². The van der Waals surface area contributed by atoms with Crippen molar-refractivity contribution in [3.63, 3.8) is 0 Å². The Hall–Kier alpha value is -1.43. The van der Waals surface area contributed by atoms with Crippen LogP contribution in [0.2, 0.25) is 0 Å². The molecule has 0 aromatic carbocycles. The number of amides is 1. The number of nitrogens with zero attached hydrogens (tertiary/aromatic N) is 3. The van der Waals surface area contributed by atoms with E-state index >= 15 is 0 Å². The number of nitrogens with one attached hydrogen (secondary N) is 2. The molecule has 6 heteroatoms. The second-order valence-electron chi connectivity index (χ2n) is 5.03. The predicted octanol–water partition coefficient (Wildman–Crippen LogP) is 0.619. The lowest BCUT2D eigenvalue weighted by atomic mass is 10.1. The van der Waals surface area contributed by atoms with Gasteiger partial charge in [-0.15, -0.1) is 10.2 Å². The predicted molar refractivity (Wildman–Crippen MR) is 72.6 cm³/mol. The molecule has 1 aromatic rings. The van der Waals surface area contributed by atoms with Crippen molar-refractivity contribution in [3.05, 3.63) is 11.6 Å². The van der Waals surface area contributed by atoms with Gasteiger partial charge < -0.3 is 9.88 Å². The molecule has 0 saturated heterocycles. The number of aromatic nitrogens is 3. The van der Waals surface area contributed by atoms with Crippen LogP contribution in [0.4, 0.5) is 0 Å². The minimum Gasteiger partial charge on any atom is -0.355 e. The summed E-state index contributed by atoms with van der Waals surface area (Å²) in [5, 5.41) is 14.5. The van der Waals surface area contributed by atoms with E-state index in [1.807, 2.05) is 13.8 Å². The van der Waals surface area contributed by atoms with Crippen molar-refractivity contribution in [2.45, 2.75) is 58.7 Å². The molecule has 0 spiro atoms. The Morgan fingerprint density at radius 3 is 3.05 bits per heavy atom. The summed E-state index contributed by atoms with van der Waals surface area (Å²) in [4.78, 5) is 11.7. The maximum absolute atomic E-state index is 11.7. The molecule has 0 aliphatic carbocycles. The molecule has 0 fully saturated rings. The first-order chi connectivity index (χ1) is 9.22. The Balaban J connectivity index is 1.85. The maximum Gasteiger partial charge on any atom is 0.236 e. The van der Waals surface area contributed by atoms with Gasteiger partial charge in [-0.1, -0.05) is 6.92 Å². The van der Waals surface area contributed by atoms with Crippen LogP contribution < -0.4 is 10.6 Å². The zero-order valence-corrected chi connectivity index (χ0v) is 11.8. The van der Waals surface area contributed by atoms with E-state index in [4.69, 9.17) is 0 Å². The quantitative estimate of drug-likeness (QED) is 0.791. The minimum atomic E-state index is -0.205. The Bertz CT molecular complexity index is 429. The van der Waals surface area contributed by atoms with Crippen LogP contribution in [-0.2, 0) is 24.3 Å². The van der Waals surface area contributed by atoms with Gasteiger partial charge in [-0.25, -0.2) is 0 Å².